The molecule has 4 rings (SSSR count). The zero-order valence-electron chi connectivity index (χ0n) is 15.6. The van der Waals surface area contributed by atoms with Crippen molar-refractivity contribution in [2.24, 2.45) is 0 Å². The monoisotopic (exact) mass is 419 g/mol. The summed E-state index contributed by atoms with van der Waals surface area (Å²) >= 11 is 12.3. The van der Waals surface area contributed by atoms with E-state index >= 15 is 0 Å². The maximum absolute atomic E-state index is 6.19. The van der Waals surface area contributed by atoms with Gasteiger partial charge < -0.3 is 15.0 Å². The number of nitrogens with one attached hydrogen (secondary N) is 1. The molecule has 1 fully saturated rings. The van der Waals surface area contributed by atoms with Crippen molar-refractivity contribution in [3.63, 3.8) is 0 Å². The topological polar surface area (TPSA) is 53.5 Å². The average molecular weight is 420 g/mol. The summed E-state index contributed by atoms with van der Waals surface area (Å²) in [6.07, 6.45) is 5.70. The largest absolute Gasteiger partial charge is 0.487 e. The number of fused-ring (bicyclic) bond motifs is 1. The van der Waals surface area contributed by atoms with E-state index in [9.17, 15) is 0 Å². The fraction of sp³-hybridized carbons (Fsp3) is 0.400. The summed E-state index contributed by atoms with van der Waals surface area (Å²) in [5.74, 6) is 1.54. The molecule has 6 nitrogen and oxygen atoms in total. The number of aromatic nitrogens is 2. The standard InChI is InChI=1S/C20H23Cl2N5O/c21-17-11-16-10-15(14-28-19(16)18(22)12-17)13-23-4-5-26-6-8-27(9-7-26)20-24-2-1-3-25-20/h1-3,10-12,23H,4-9,13-14H2. The maximum Gasteiger partial charge on any atom is 0.225 e. The van der Waals surface area contributed by atoms with Crippen molar-refractivity contribution in [1.82, 2.24) is 20.2 Å². The van der Waals surface area contributed by atoms with Gasteiger partial charge in [-0.1, -0.05) is 23.2 Å². The van der Waals surface area contributed by atoms with Gasteiger partial charge in [-0.05, 0) is 29.8 Å². The zero-order valence-corrected chi connectivity index (χ0v) is 17.1. The number of hydrogen-bond donors (Lipinski definition) is 1. The van der Waals surface area contributed by atoms with Crippen LogP contribution in [0.25, 0.3) is 6.08 Å². The first kappa shape index (κ1) is 19.5. The Morgan fingerprint density at radius 1 is 1.07 bits per heavy atom. The van der Waals surface area contributed by atoms with Crippen LogP contribution in [0, 0.1) is 0 Å². The molecule has 1 saturated heterocycles. The fourth-order valence-electron chi connectivity index (χ4n) is 3.48. The van der Waals surface area contributed by atoms with E-state index in [4.69, 9.17) is 27.9 Å². The molecule has 2 aliphatic heterocycles. The van der Waals surface area contributed by atoms with Crippen molar-refractivity contribution in [3.05, 3.63) is 51.8 Å². The van der Waals surface area contributed by atoms with Crippen molar-refractivity contribution in [2.75, 3.05) is 57.3 Å². The molecular weight excluding hydrogens is 397 g/mol. The van der Waals surface area contributed by atoms with Crippen LogP contribution < -0.4 is 15.0 Å². The predicted octanol–water partition coefficient (Wildman–Crippen LogP) is 2.97. The van der Waals surface area contributed by atoms with Gasteiger partial charge in [0.25, 0.3) is 0 Å². The number of piperazine rings is 1. The minimum absolute atomic E-state index is 0.553. The second-order valence-corrected chi connectivity index (χ2v) is 7.80. The van der Waals surface area contributed by atoms with E-state index < -0.39 is 0 Å². The van der Waals surface area contributed by atoms with Gasteiger partial charge in [0.1, 0.15) is 12.4 Å². The highest BCUT2D eigenvalue weighted by Gasteiger charge is 2.19. The number of anilines is 1. The molecule has 2 aliphatic rings. The summed E-state index contributed by atoms with van der Waals surface area (Å²) in [5.41, 5.74) is 2.14. The lowest BCUT2D eigenvalue weighted by Gasteiger charge is -2.34. The third-order valence-electron chi connectivity index (χ3n) is 4.96. The molecule has 1 aromatic heterocycles. The number of hydrogen-bond acceptors (Lipinski definition) is 6. The highest BCUT2D eigenvalue weighted by Crippen LogP contribution is 2.36. The molecule has 3 heterocycles. The third-order valence-corrected chi connectivity index (χ3v) is 5.46. The van der Waals surface area contributed by atoms with Crippen LogP contribution >= 0.6 is 23.2 Å². The molecule has 28 heavy (non-hydrogen) atoms. The minimum Gasteiger partial charge on any atom is -0.487 e. The molecule has 0 aliphatic carbocycles. The second-order valence-electron chi connectivity index (χ2n) is 6.95. The van der Waals surface area contributed by atoms with Gasteiger partial charge in [-0.2, -0.15) is 0 Å². The van der Waals surface area contributed by atoms with Gasteiger partial charge in [-0.25, -0.2) is 9.97 Å². The van der Waals surface area contributed by atoms with Crippen molar-refractivity contribution in [1.29, 1.82) is 0 Å². The van der Waals surface area contributed by atoms with Crippen LogP contribution in [0.1, 0.15) is 5.56 Å². The Balaban J connectivity index is 1.20. The molecule has 8 heteroatoms. The van der Waals surface area contributed by atoms with Crippen LogP contribution in [0.3, 0.4) is 0 Å². The molecule has 0 saturated carbocycles. The summed E-state index contributed by atoms with van der Waals surface area (Å²) in [5, 5.41) is 4.70. The van der Waals surface area contributed by atoms with Gasteiger partial charge in [-0.3, -0.25) is 4.90 Å². The number of rotatable bonds is 6. The molecule has 148 valence electrons. The maximum atomic E-state index is 6.19. The van der Waals surface area contributed by atoms with Gasteiger partial charge in [0.2, 0.25) is 5.95 Å². The van der Waals surface area contributed by atoms with Gasteiger partial charge in [0.15, 0.2) is 0 Å². The molecule has 0 atom stereocenters. The third kappa shape index (κ3) is 4.75. The van der Waals surface area contributed by atoms with Crippen molar-refractivity contribution in [2.45, 2.75) is 0 Å². The summed E-state index contributed by atoms with van der Waals surface area (Å²) < 4.78 is 5.80. The molecule has 1 N–H and O–H groups in total. The minimum atomic E-state index is 0.553. The first-order chi connectivity index (χ1) is 13.7. The van der Waals surface area contributed by atoms with Crippen LogP contribution in [0.15, 0.2) is 36.2 Å². The Labute approximate surface area is 175 Å². The van der Waals surface area contributed by atoms with Crippen LogP contribution in [0.4, 0.5) is 5.95 Å². The first-order valence-electron chi connectivity index (χ1n) is 9.45. The van der Waals surface area contributed by atoms with E-state index in [0.717, 1.165) is 63.1 Å². The number of ether oxygens (including phenoxy) is 1. The second kappa shape index (κ2) is 9.09. The Kier molecular flexibility index (Phi) is 6.32. The van der Waals surface area contributed by atoms with E-state index in [2.05, 4.69) is 31.2 Å². The summed E-state index contributed by atoms with van der Waals surface area (Å²) in [4.78, 5) is 13.4. The smallest absolute Gasteiger partial charge is 0.225 e. The molecule has 0 bridgehead atoms. The lowest BCUT2D eigenvalue weighted by atomic mass is 10.1. The zero-order chi connectivity index (χ0) is 19.3. The highest BCUT2D eigenvalue weighted by atomic mass is 35.5. The van der Waals surface area contributed by atoms with Crippen molar-refractivity contribution in [3.8, 4) is 5.75 Å². The molecule has 0 spiro atoms. The Bertz CT molecular complexity index is 838. The number of benzene rings is 1. The predicted molar refractivity (Wildman–Crippen MR) is 113 cm³/mol. The van der Waals surface area contributed by atoms with Crippen LogP contribution in [-0.4, -0.2) is 67.3 Å². The molecule has 0 radical (unpaired) electrons. The van der Waals surface area contributed by atoms with E-state index in [-0.39, 0.29) is 0 Å². The van der Waals surface area contributed by atoms with E-state index in [1.165, 1.54) is 5.57 Å². The van der Waals surface area contributed by atoms with Crippen LogP contribution in [-0.2, 0) is 0 Å². The van der Waals surface area contributed by atoms with Gasteiger partial charge >= 0.3 is 0 Å². The summed E-state index contributed by atoms with van der Waals surface area (Å²) in [6.45, 7) is 7.27. The number of halogens is 2. The summed E-state index contributed by atoms with van der Waals surface area (Å²) in [7, 11) is 0. The van der Waals surface area contributed by atoms with E-state index in [1.54, 1.807) is 18.5 Å². The Morgan fingerprint density at radius 2 is 1.86 bits per heavy atom. The quantitative estimate of drug-likeness (QED) is 0.726. The van der Waals surface area contributed by atoms with Gasteiger partial charge in [-0.15, -0.1) is 0 Å². The summed E-state index contributed by atoms with van der Waals surface area (Å²) in [6, 6.07) is 5.44. The molecule has 1 aromatic carbocycles. The Hall–Kier alpha value is -1.86. The van der Waals surface area contributed by atoms with E-state index in [1.807, 2.05) is 12.1 Å². The van der Waals surface area contributed by atoms with Gasteiger partial charge in [0, 0.05) is 68.8 Å². The average Bonchev–Trinajstić information content (AvgIpc) is 2.72. The number of nitrogens with zero attached hydrogens (tertiary/aromatic N) is 4. The van der Waals surface area contributed by atoms with Crippen molar-refractivity contribution < 1.29 is 4.74 Å². The molecule has 2 aromatic rings. The molecule has 0 amide bonds. The normalized spacial score (nSPS) is 17.1. The lowest BCUT2D eigenvalue weighted by molar-refractivity contribution is 0.257. The SMILES string of the molecule is Clc1cc(Cl)c2c(c1)C=C(CNCCN1CCN(c3ncccn3)CC1)CO2. The first-order valence-corrected chi connectivity index (χ1v) is 10.2. The Morgan fingerprint density at radius 3 is 2.64 bits per heavy atom. The van der Waals surface area contributed by atoms with Crippen LogP contribution in [0.2, 0.25) is 10.0 Å². The van der Waals surface area contributed by atoms with E-state index in [0.29, 0.717) is 16.7 Å². The highest BCUT2D eigenvalue weighted by molar-refractivity contribution is 6.36. The van der Waals surface area contributed by atoms with Gasteiger partial charge in [0.05, 0.1) is 5.02 Å². The molecular formula is C20H23Cl2N5O. The lowest BCUT2D eigenvalue weighted by Crippen LogP contribution is -2.48. The van der Waals surface area contributed by atoms with Crippen molar-refractivity contribution >= 4 is 35.2 Å². The fourth-order valence-corrected chi connectivity index (χ4v) is 4.04. The molecule has 0 unspecified atom stereocenters. The van der Waals surface area contributed by atoms with Crippen LogP contribution in [0.5, 0.6) is 5.75 Å².